The van der Waals surface area contributed by atoms with E-state index in [2.05, 4.69) is 29.8 Å². The molecule has 1 aromatic heterocycles. The standard InChI is InChI=1S/C12H13NS2/c1-9-2-3-11(13)6-12(9)15-8-10-4-5-14-7-10/h2-7H,8,13H2,1H3. The molecule has 2 N–H and O–H groups in total. The van der Waals surface area contributed by atoms with E-state index in [1.54, 1.807) is 11.3 Å². The summed E-state index contributed by atoms with van der Waals surface area (Å²) in [5.41, 5.74) is 9.28. The molecule has 1 nitrogen and oxygen atoms in total. The molecule has 0 unspecified atom stereocenters. The topological polar surface area (TPSA) is 26.0 Å². The van der Waals surface area contributed by atoms with Crippen LogP contribution in [0.1, 0.15) is 11.1 Å². The number of nitrogens with two attached hydrogens (primary N) is 1. The normalized spacial score (nSPS) is 10.5. The number of anilines is 1. The number of thiophene rings is 1. The largest absolute Gasteiger partial charge is 0.399 e. The highest BCUT2D eigenvalue weighted by Crippen LogP contribution is 2.28. The lowest BCUT2D eigenvalue weighted by Crippen LogP contribution is -1.87. The molecule has 0 radical (unpaired) electrons. The molecule has 0 saturated heterocycles. The maximum atomic E-state index is 5.77. The van der Waals surface area contributed by atoms with Gasteiger partial charge in [-0.15, -0.1) is 11.8 Å². The fraction of sp³-hybridized carbons (Fsp3) is 0.167. The lowest BCUT2D eigenvalue weighted by molar-refractivity contribution is 1.29. The predicted molar refractivity (Wildman–Crippen MR) is 69.5 cm³/mol. The summed E-state index contributed by atoms with van der Waals surface area (Å²) in [6.45, 7) is 2.12. The SMILES string of the molecule is Cc1ccc(N)cc1SCc1ccsc1. The van der Waals surface area contributed by atoms with Gasteiger partial charge in [-0.05, 0) is 47.0 Å². The second-order valence-electron chi connectivity index (χ2n) is 3.45. The Labute approximate surface area is 98.3 Å². The molecule has 0 bridgehead atoms. The van der Waals surface area contributed by atoms with Crippen molar-refractivity contribution in [3.8, 4) is 0 Å². The lowest BCUT2D eigenvalue weighted by Gasteiger charge is -2.05. The van der Waals surface area contributed by atoms with Crippen molar-refractivity contribution >= 4 is 28.8 Å². The molecular formula is C12H13NS2. The third kappa shape index (κ3) is 2.76. The van der Waals surface area contributed by atoms with Crippen LogP contribution in [0.15, 0.2) is 39.9 Å². The Morgan fingerprint density at radius 3 is 2.93 bits per heavy atom. The quantitative estimate of drug-likeness (QED) is 0.644. The van der Waals surface area contributed by atoms with Crippen molar-refractivity contribution in [1.29, 1.82) is 0 Å². The van der Waals surface area contributed by atoms with Gasteiger partial charge in [-0.1, -0.05) is 6.07 Å². The third-order valence-corrected chi connectivity index (χ3v) is 4.15. The van der Waals surface area contributed by atoms with E-state index in [-0.39, 0.29) is 0 Å². The number of nitrogen functional groups attached to an aromatic ring is 1. The molecule has 0 atom stereocenters. The summed E-state index contributed by atoms with van der Waals surface area (Å²) in [6, 6.07) is 8.24. The maximum Gasteiger partial charge on any atom is 0.0325 e. The highest BCUT2D eigenvalue weighted by molar-refractivity contribution is 7.98. The van der Waals surface area contributed by atoms with Crippen molar-refractivity contribution in [2.75, 3.05) is 5.73 Å². The van der Waals surface area contributed by atoms with E-state index in [1.165, 1.54) is 16.0 Å². The molecule has 2 aromatic rings. The van der Waals surface area contributed by atoms with Crippen LogP contribution in [0, 0.1) is 6.92 Å². The van der Waals surface area contributed by atoms with Crippen LogP contribution in [0.5, 0.6) is 0 Å². The minimum atomic E-state index is 0.841. The van der Waals surface area contributed by atoms with E-state index in [9.17, 15) is 0 Å². The van der Waals surface area contributed by atoms with Crippen LogP contribution in [0.3, 0.4) is 0 Å². The van der Waals surface area contributed by atoms with Gasteiger partial charge >= 0.3 is 0 Å². The van der Waals surface area contributed by atoms with Gasteiger partial charge in [0.2, 0.25) is 0 Å². The van der Waals surface area contributed by atoms with Crippen molar-refractivity contribution < 1.29 is 0 Å². The van der Waals surface area contributed by atoms with Gasteiger partial charge in [0.1, 0.15) is 0 Å². The molecular weight excluding hydrogens is 222 g/mol. The second kappa shape index (κ2) is 4.73. The Hall–Kier alpha value is -0.930. The highest BCUT2D eigenvalue weighted by atomic mass is 32.2. The molecule has 0 fully saturated rings. The van der Waals surface area contributed by atoms with Crippen LogP contribution < -0.4 is 5.73 Å². The number of thioether (sulfide) groups is 1. The van der Waals surface area contributed by atoms with E-state index in [0.717, 1.165) is 11.4 Å². The van der Waals surface area contributed by atoms with Crippen LogP contribution in [0.4, 0.5) is 5.69 Å². The van der Waals surface area contributed by atoms with Crippen LogP contribution in [0.2, 0.25) is 0 Å². The minimum Gasteiger partial charge on any atom is -0.399 e. The first kappa shape index (κ1) is 10.6. The van der Waals surface area contributed by atoms with Gasteiger partial charge in [-0.3, -0.25) is 0 Å². The summed E-state index contributed by atoms with van der Waals surface area (Å²) in [4.78, 5) is 1.28. The molecule has 0 aliphatic carbocycles. The van der Waals surface area contributed by atoms with E-state index in [0.29, 0.717) is 0 Å². The first-order chi connectivity index (χ1) is 7.25. The first-order valence-corrected chi connectivity index (χ1v) is 6.68. The highest BCUT2D eigenvalue weighted by Gasteiger charge is 2.01. The molecule has 3 heteroatoms. The molecule has 78 valence electrons. The van der Waals surface area contributed by atoms with E-state index < -0.39 is 0 Å². The molecule has 0 aliphatic rings. The van der Waals surface area contributed by atoms with Crippen LogP contribution in [-0.4, -0.2) is 0 Å². The molecule has 0 aliphatic heterocycles. The number of aryl methyl sites for hydroxylation is 1. The van der Waals surface area contributed by atoms with Crippen molar-refractivity contribution in [3.05, 3.63) is 46.2 Å². The van der Waals surface area contributed by atoms with Gasteiger partial charge in [-0.25, -0.2) is 0 Å². The van der Waals surface area contributed by atoms with E-state index in [1.807, 2.05) is 23.9 Å². The number of rotatable bonds is 3. The second-order valence-corrected chi connectivity index (χ2v) is 5.24. The number of benzene rings is 1. The number of hydrogen-bond acceptors (Lipinski definition) is 3. The Bertz CT molecular complexity index is 435. The van der Waals surface area contributed by atoms with Gasteiger partial charge in [0.05, 0.1) is 0 Å². The average Bonchev–Trinajstić information content (AvgIpc) is 2.72. The molecule has 1 aromatic carbocycles. The van der Waals surface area contributed by atoms with Crippen molar-refractivity contribution in [2.24, 2.45) is 0 Å². The zero-order chi connectivity index (χ0) is 10.7. The smallest absolute Gasteiger partial charge is 0.0325 e. The van der Waals surface area contributed by atoms with Gasteiger partial charge in [0, 0.05) is 16.3 Å². The summed E-state index contributed by atoms with van der Waals surface area (Å²) in [5.74, 6) is 1.02. The van der Waals surface area contributed by atoms with Gasteiger partial charge in [0.15, 0.2) is 0 Å². The van der Waals surface area contributed by atoms with Crippen LogP contribution in [-0.2, 0) is 5.75 Å². The summed E-state index contributed by atoms with van der Waals surface area (Å²) >= 11 is 3.59. The molecule has 0 spiro atoms. The summed E-state index contributed by atoms with van der Waals surface area (Å²) in [7, 11) is 0. The predicted octanol–water partition coefficient (Wildman–Crippen LogP) is 3.93. The maximum absolute atomic E-state index is 5.77. The van der Waals surface area contributed by atoms with Crippen LogP contribution in [0.25, 0.3) is 0 Å². The molecule has 2 rings (SSSR count). The Balaban J connectivity index is 2.07. The Morgan fingerprint density at radius 2 is 2.20 bits per heavy atom. The van der Waals surface area contributed by atoms with Crippen molar-refractivity contribution in [2.45, 2.75) is 17.6 Å². The zero-order valence-electron chi connectivity index (χ0n) is 8.57. The fourth-order valence-corrected chi connectivity index (χ4v) is 3.10. The molecule has 1 heterocycles. The summed E-state index contributed by atoms with van der Waals surface area (Å²) in [6.07, 6.45) is 0. The Kier molecular flexibility index (Phi) is 3.34. The van der Waals surface area contributed by atoms with Crippen molar-refractivity contribution in [1.82, 2.24) is 0 Å². The summed E-state index contributed by atoms with van der Waals surface area (Å²) in [5, 5.41) is 4.30. The molecule has 0 saturated carbocycles. The number of hydrogen-bond donors (Lipinski definition) is 1. The lowest BCUT2D eigenvalue weighted by atomic mass is 10.2. The third-order valence-electron chi connectivity index (χ3n) is 2.19. The van der Waals surface area contributed by atoms with Gasteiger partial charge in [-0.2, -0.15) is 11.3 Å². The van der Waals surface area contributed by atoms with Gasteiger partial charge in [0.25, 0.3) is 0 Å². The summed E-state index contributed by atoms with van der Waals surface area (Å²) < 4.78 is 0. The monoisotopic (exact) mass is 235 g/mol. The minimum absolute atomic E-state index is 0.841. The van der Waals surface area contributed by atoms with Crippen molar-refractivity contribution in [3.63, 3.8) is 0 Å². The van der Waals surface area contributed by atoms with E-state index >= 15 is 0 Å². The Morgan fingerprint density at radius 1 is 1.33 bits per heavy atom. The molecule has 15 heavy (non-hydrogen) atoms. The average molecular weight is 235 g/mol. The van der Waals surface area contributed by atoms with E-state index in [4.69, 9.17) is 5.73 Å². The zero-order valence-corrected chi connectivity index (χ0v) is 10.2. The van der Waals surface area contributed by atoms with Crippen LogP contribution >= 0.6 is 23.1 Å². The fourth-order valence-electron chi connectivity index (χ4n) is 1.31. The first-order valence-electron chi connectivity index (χ1n) is 4.76. The van der Waals surface area contributed by atoms with Gasteiger partial charge < -0.3 is 5.73 Å². The molecule has 0 amide bonds.